The zero-order valence-corrected chi connectivity index (χ0v) is 16.1. The summed E-state index contributed by atoms with van der Waals surface area (Å²) in [5, 5.41) is 0. The molecule has 0 aromatic rings. The van der Waals surface area contributed by atoms with Crippen LogP contribution in [0.3, 0.4) is 0 Å². The third-order valence-corrected chi connectivity index (χ3v) is 4.26. The molecule has 0 saturated heterocycles. The van der Waals surface area contributed by atoms with E-state index in [1.807, 2.05) is 0 Å². The Hall–Kier alpha value is -0.0400. The van der Waals surface area contributed by atoms with Gasteiger partial charge in [0.2, 0.25) is 0 Å². The van der Waals surface area contributed by atoms with Crippen LogP contribution in [-0.4, -0.2) is 32.2 Å². The van der Waals surface area contributed by atoms with Crippen LogP contribution in [0, 0.1) is 5.41 Å². The van der Waals surface area contributed by atoms with Gasteiger partial charge < -0.3 is 4.48 Å². The zero-order valence-electron chi connectivity index (χ0n) is 16.1. The summed E-state index contributed by atoms with van der Waals surface area (Å²) in [6.07, 6.45) is 17.3. The minimum absolute atomic E-state index is 0.534. The number of nitrogens with zero attached hydrogens (tertiary/aromatic N) is 1. The predicted octanol–water partition coefficient (Wildman–Crippen LogP) is 6.42. The lowest BCUT2D eigenvalue weighted by Gasteiger charge is -2.23. The van der Waals surface area contributed by atoms with Crippen molar-refractivity contribution in [1.82, 2.24) is 0 Å². The smallest absolute Gasteiger partial charge is 0.0780 e. The highest BCUT2D eigenvalue weighted by molar-refractivity contribution is 4.61. The summed E-state index contributed by atoms with van der Waals surface area (Å²) < 4.78 is 1.12. The monoisotopic (exact) mass is 298 g/mol. The van der Waals surface area contributed by atoms with Gasteiger partial charge in [0.05, 0.1) is 27.7 Å². The molecule has 1 nitrogen and oxygen atoms in total. The van der Waals surface area contributed by atoms with Crippen LogP contribution in [0.1, 0.15) is 97.8 Å². The minimum atomic E-state index is 0.534. The van der Waals surface area contributed by atoms with Crippen LogP contribution in [0.15, 0.2) is 0 Å². The Morgan fingerprint density at radius 1 is 0.524 bits per heavy atom. The molecule has 0 amide bonds. The predicted molar refractivity (Wildman–Crippen MR) is 97.8 cm³/mol. The van der Waals surface area contributed by atoms with Crippen LogP contribution >= 0.6 is 0 Å². The normalized spacial score (nSPS) is 12.9. The Labute approximate surface area is 136 Å². The molecule has 0 radical (unpaired) electrons. The van der Waals surface area contributed by atoms with Gasteiger partial charge in [0.15, 0.2) is 0 Å². The highest BCUT2D eigenvalue weighted by atomic mass is 15.3. The van der Waals surface area contributed by atoms with Gasteiger partial charge in [-0.05, 0) is 24.7 Å². The average Bonchev–Trinajstić information content (AvgIpc) is 2.32. The Kier molecular flexibility index (Phi) is 11.5. The lowest BCUT2D eigenvalue weighted by atomic mass is 9.89. The van der Waals surface area contributed by atoms with Gasteiger partial charge in [-0.2, -0.15) is 0 Å². The topological polar surface area (TPSA) is 0 Å². The Balaban J connectivity index is 3.10. The van der Waals surface area contributed by atoms with Crippen LogP contribution < -0.4 is 0 Å². The van der Waals surface area contributed by atoms with E-state index in [0.717, 1.165) is 4.48 Å². The first-order valence-corrected chi connectivity index (χ1v) is 9.51. The molecule has 1 heteroatoms. The van der Waals surface area contributed by atoms with Gasteiger partial charge in [-0.15, -0.1) is 0 Å². The van der Waals surface area contributed by atoms with Gasteiger partial charge in [0.1, 0.15) is 0 Å². The van der Waals surface area contributed by atoms with Crippen molar-refractivity contribution in [3.05, 3.63) is 0 Å². The summed E-state index contributed by atoms with van der Waals surface area (Å²) in [6.45, 7) is 8.39. The quantitative estimate of drug-likeness (QED) is 0.272. The van der Waals surface area contributed by atoms with E-state index in [4.69, 9.17) is 0 Å². The standard InChI is InChI=1S/C20H44N/c1-20(2,3)18-16-14-12-10-8-7-9-11-13-15-17-19-21(4,5)6/h7-19H2,1-6H3/q+1. The van der Waals surface area contributed by atoms with E-state index in [0.29, 0.717) is 5.41 Å². The maximum Gasteiger partial charge on any atom is 0.0780 e. The largest absolute Gasteiger partial charge is 0.331 e. The number of hydrogen-bond donors (Lipinski definition) is 0. The van der Waals surface area contributed by atoms with Gasteiger partial charge in [0.25, 0.3) is 0 Å². The molecule has 0 spiro atoms. The molecule has 0 saturated carbocycles. The van der Waals surface area contributed by atoms with Crippen molar-refractivity contribution in [2.45, 2.75) is 97.8 Å². The third-order valence-electron chi connectivity index (χ3n) is 4.26. The summed E-state index contributed by atoms with van der Waals surface area (Å²) in [5.41, 5.74) is 0.534. The van der Waals surface area contributed by atoms with E-state index >= 15 is 0 Å². The zero-order chi connectivity index (χ0) is 16.2. The minimum Gasteiger partial charge on any atom is -0.331 e. The van der Waals surface area contributed by atoms with Crippen molar-refractivity contribution in [2.75, 3.05) is 27.7 Å². The maximum atomic E-state index is 2.35. The SMILES string of the molecule is CC(C)(C)CCCCCCCCCCCCC[N+](C)(C)C. The van der Waals surface area contributed by atoms with Crippen LogP contribution in [0.25, 0.3) is 0 Å². The van der Waals surface area contributed by atoms with Gasteiger partial charge in [-0.3, -0.25) is 0 Å². The Morgan fingerprint density at radius 2 is 0.857 bits per heavy atom. The highest BCUT2D eigenvalue weighted by Crippen LogP contribution is 2.22. The van der Waals surface area contributed by atoms with Crippen molar-refractivity contribution in [1.29, 1.82) is 0 Å². The molecule has 0 unspecified atom stereocenters. The molecule has 0 aromatic carbocycles. The number of hydrogen-bond acceptors (Lipinski definition) is 0. The van der Waals surface area contributed by atoms with Crippen LogP contribution in [0.2, 0.25) is 0 Å². The van der Waals surface area contributed by atoms with Crippen molar-refractivity contribution >= 4 is 0 Å². The van der Waals surface area contributed by atoms with Gasteiger partial charge >= 0.3 is 0 Å². The van der Waals surface area contributed by atoms with E-state index in [1.54, 1.807) is 0 Å². The van der Waals surface area contributed by atoms with E-state index in [9.17, 15) is 0 Å². The second-order valence-electron chi connectivity index (χ2n) is 9.21. The average molecular weight is 299 g/mol. The molecular formula is C20H44N+. The van der Waals surface area contributed by atoms with E-state index in [-0.39, 0.29) is 0 Å². The summed E-state index contributed by atoms with van der Waals surface area (Å²) in [4.78, 5) is 0. The molecule has 0 aliphatic heterocycles. The first-order valence-electron chi connectivity index (χ1n) is 9.51. The molecule has 0 N–H and O–H groups in total. The second kappa shape index (κ2) is 11.5. The summed E-state index contributed by atoms with van der Waals surface area (Å²) in [5.74, 6) is 0. The van der Waals surface area contributed by atoms with Crippen molar-refractivity contribution in [3.63, 3.8) is 0 Å². The fourth-order valence-electron chi connectivity index (χ4n) is 2.83. The number of rotatable bonds is 13. The number of unbranched alkanes of at least 4 members (excludes halogenated alkanes) is 10. The fraction of sp³-hybridized carbons (Fsp3) is 1.00. The van der Waals surface area contributed by atoms with E-state index in [2.05, 4.69) is 41.9 Å². The summed E-state index contributed by atoms with van der Waals surface area (Å²) >= 11 is 0. The highest BCUT2D eigenvalue weighted by Gasteiger charge is 2.08. The van der Waals surface area contributed by atoms with Crippen molar-refractivity contribution < 1.29 is 4.48 Å². The third kappa shape index (κ3) is 20.0. The molecule has 0 aromatic heterocycles. The molecule has 0 heterocycles. The Bertz CT molecular complexity index is 195. The molecule has 0 rings (SSSR count). The lowest BCUT2D eigenvalue weighted by Crippen LogP contribution is -2.35. The van der Waals surface area contributed by atoms with Gasteiger partial charge in [-0.25, -0.2) is 0 Å². The fourth-order valence-corrected chi connectivity index (χ4v) is 2.83. The van der Waals surface area contributed by atoms with Crippen LogP contribution in [0.4, 0.5) is 0 Å². The number of quaternary nitrogens is 1. The molecule has 21 heavy (non-hydrogen) atoms. The molecule has 0 bridgehead atoms. The molecule has 0 fully saturated rings. The molecule has 0 aliphatic rings. The molecular weight excluding hydrogens is 254 g/mol. The maximum absolute atomic E-state index is 2.35. The second-order valence-corrected chi connectivity index (χ2v) is 9.21. The summed E-state index contributed by atoms with van der Waals surface area (Å²) in [6, 6.07) is 0. The molecule has 128 valence electrons. The van der Waals surface area contributed by atoms with Crippen molar-refractivity contribution in [2.24, 2.45) is 5.41 Å². The lowest BCUT2D eigenvalue weighted by molar-refractivity contribution is -0.870. The first-order chi connectivity index (χ1) is 9.71. The van der Waals surface area contributed by atoms with Crippen LogP contribution in [-0.2, 0) is 0 Å². The Morgan fingerprint density at radius 3 is 1.19 bits per heavy atom. The van der Waals surface area contributed by atoms with Gasteiger partial charge in [-0.1, -0.05) is 78.6 Å². The van der Waals surface area contributed by atoms with Crippen molar-refractivity contribution in [3.8, 4) is 0 Å². The molecule has 0 atom stereocenters. The first kappa shape index (κ1) is 21.0. The van der Waals surface area contributed by atoms with E-state index in [1.165, 1.54) is 83.6 Å². The van der Waals surface area contributed by atoms with E-state index < -0.39 is 0 Å². The molecule has 0 aliphatic carbocycles. The summed E-state index contributed by atoms with van der Waals surface area (Å²) in [7, 11) is 6.88. The van der Waals surface area contributed by atoms with Gasteiger partial charge in [0, 0.05) is 0 Å². The van der Waals surface area contributed by atoms with Crippen LogP contribution in [0.5, 0.6) is 0 Å².